The van der Waals surface area contributed by atoms with Crippen LogP contribution in [0.15, 0.2) is 5.11 Å². The van der Waals surface area contributed by atoms with E-state index in [1.54, 1.807) is 0 Å². The van der Waals surface area contributed by atoms with Crippen LogP contribution in [0.1, 0.15) is 27.7 Å². The van der Waals surface area contributed by atoms with E-state index in [0.717, 1.165) is 27.7 Å². The monoisotopic (exact) mass is 430 g/mol. The largest absolute Gasteiger partial charge is 0.463 e. The highest BCUT2D eigenvalue weighted by Crippen LogP contribution is 2.35. The van der Waals surface area contributed by atoms with Crippen LogP contribution in [0.5, 0.6) is 0 Å². The Kier molecular flexibility index (Phi) is 8.71. The molecule has 2 N–H and O–H groups in total. The lowest BCUT2D eigenvalue weighted by molar-refractivity contribution is -0.306. The number of ether oxygens (including phenoxy) is 5. The van der Waals surface area contributed by atoms with Crippen molar-refractivity contribution in [2.45, 2.75) is 57.8 Å². The van der Waals surface area contributed by atoms with E-state index in [1.807, 2.05) is 0 Å². The minimum absolute atomic E-state index is 0.574. The van der Waals surface area contributed by atoms with Crippen molar-refractivity contribution >= 4 is 29.7 Å². The molecular formula is C16H22N4O10. The number of hydrogen-bond acceptors (Lipinski definition) is 12. The van der Waals surface area contributed by atoms with Crippen molar-refractivity contribution in [3.05, 3.63) is 10.4 Å². The maximum absolute atomic E-state index is 12.8. The van der Waals surface area contributed by atoms with Crippen LogP contribution in [0, 0.1) is 0 Å². The third kappa shape index (κ3) is 6.14. The van der Waals surface area contributed by atoms with Gasteiger partial charge in [0.05, 0.1) is 6.54 Å². The second-order valence-corrected chi connectivity index (χ2v) is 6.21. The van der Waals surface area contributed by atoms with E-state index in [9.17, 15) is 24.0 Å². The molecule has 14 nitrogen and oxygen atoms in total. The van der Waals surface area contributed by atoms with Gasteiger partial charge in [-0.15, -0.1) is 0 Å². The highest BCUT2D eigenvalue weighted by molar-refractivity contribution is 5.91. The quantitative estimate of drug-likeness (QED) is 0.167. The molecule has 0 aromatic heterocycles. The summed E-state index contributed by atoms with van der Waals surface area (Å²) in [4.78, 5) is 61.4. The van der Waals surface area contributed by atoms with Gasteiger partial charge in [0, 0.05) is 32.6 Å². The van der Waals surface area contributed by atoms with Crippen molar-refractivity contribution in [2.75, 3.05) is 13.2 Å². The van der Waals surface area contributed by atoms with Crippen molar-refractivity contribution in [1.29, 1.82) is 0 Å². The third-order valence-corrected chi connectivity index (χ3v) is 3.83. The number of azide groups is 1. The minimum atomic E-state index is -2.58. The summed E-state index contributed by atoms with van der Waals surface area (Å²) in [5.41, 5.74) is 14.6. The van der Waals surface area contributed by atoms with Gasteiger partial charge >= 0.3 is 23.9 Å². The van der Waals surface area contributed by atoms with E-state index in [2.05, 4.69) is 10.0 Å². The molecule has 30 heavy (non-hydrogen) atoms. The van der Waals surface area contributed by atoms with Gasteiger partial charge in [0.1, 0.15) is 18.8 Å². The standard InChI is InChI=1S/C16H22N4O10/c1-7(21)26-6-11-13(27-8(2)22)14(28-9(3)23)15(17)16(30-11,29-10(4)24)12(25)5-19-20-18/h11,13-15H,5-6,17H2,1-4H3/t11-,13-,14+,15-,16?/m1/s1. The number of ketones is 1. The van der Waals surface area contributed by atoms with Gasteiger partial charge in [-0.2, -0.15) is 0 Å². The minimum Gasteiger partial charge on any atom is -0.463 e. The van der Waals surface area contributed by atoms with Gasteiger partial charge in [-0.1, -0.05) is 5.11 Å². The van der Waals surface area contributed by atoms with Crippen LogP contribution in [0.4, 0.5) is 0 Å². The fourth-order valence-corrected chi connectivity index (χ4v) is 2.82. The average Bonchev–Trinajstić information content (AvgIpc) is 2.62. The Labute approximate surface area is 170 Å². The smallest absolute Gasteiger partial charge is 0.305 e. The number of nitrogens with two attached hydrogens (primary N) is 1. The van der Waals surface area contributed by atoms with Gasteiger partial charge in [-0.25, -0.2) is 0 Å². The molecule has 1 heterocycles. The molecule has 5 atom stereocenters. The molecule has 0 spiro atoms. The van der Waals surface area contributed by atoms with Crippen molar-refractivity contribution in [3.63, 3.8) is 0 Å². The summed E-state index contributed by atoms with van der Waals surface area (Å²) >= 11 is 0. The summed E-state index contributed by atoms with van der Waals surface area (Å²) in [5.74, 6) is -7.08. The zero-order valence-electron chi connectivity index (χ0n) is 16.7. The number of rotatable bonds is 8. The first-order valence-electron chi connectivity index (χ1n) is 8.59. The second kappa shape index (κ2) is 10.5. The fraction of sp³-hybridized carbons (Fsp3) is 0.688. The van der Waals surface area contributed by atoms with E-state index < -0.39 is 73.0 Å². The first-order valence-corrected chi connectivity index (χ1v) is 8.59. The Balaban J connectivity index is 3.55. The average molecular weight is 430 g/mol. The molecular weight excluding hydrogens is 408 g/mol. The van der Waals surface area contributed by atoms with Gasteiger partial charge in [0.15, 0.2) is 12.2 Å². The summed E-state index contributed by atoms with van der Waals surface area (Å²) in [6.45, 7) is 2.73. The first kappa shape index (κ1) is 24.8. The number of nitrogens with zero attached hydrogens (tertiary/aromatic N) is 3. The van der Waals surface area contributed by atoms with Gasteiger partial charge < -0.3 is 29.4 Å². The zero-order chi connectivity index (χ0) is 23.1. The highest BCUT2D eigenvalue weighted by atomic mass is 16.7. The van der Waals surface area contributed by atoms with Crippen molar-refractivity contribution in [2.24, 2.45) is 10.8 Å². The van der Waals surface area contributed by atoms with Crippen molar-refractivity contribution in [1.82, 2.24) is 0 Å². The summed E-state index contributed by atoms with van der Waals surface area (Å²) in [6, 6.07) is -1.69. The molecule has 0 bridgehead atoms. The zero-order valence-corrected chi connectivity index (χ0v) is 16.7. The lowest BCUT2D eigenvalue weighted by Crippen LogP contribution is -2.74. The number of carbonyl (C=O) groups is 5. The molecule has 1 rings (SSSR count). The van der Waals surface area contributed by atoms with Crippen molar-refractivity contribution < 1.29 is 47.7 Å². The topological polar surface area (TPSA) is 206 Å². The molecule has 0 aliphatic carbocycles. The van der Waals surface area contributed by atoms with Crippen LogP contribution in [-0.4, -0.2) is 73.0 Å². The maximum Gasteiger partial charge on any atom is 0.305 e. The summed E-state index contributed by atoms with van der Waals surface area (Å²) in [7, 11) is 0. The van der Waals surface area contributed by atoms with Crippen LogP contribution in [-0.2, 0) is 47.7 Å². The van der Waals surface area contributed by atoms with E-state index in [1.165, 1.54) is 0 Å². The SMILES string of the molecule is CC(=O)OC[C@H]1OC(OC(C)=O)(C(=O)CN=[N+]=[N-])[C@H](N)[C@@H](OC(C)=O)[C@@H]1OC(C)=O. The third-order valence-electron chi connectivity index (χ3n) is 3.83. The molecule has 166 valence electrons. The van der Waals surface area contributed by atoms with Gasteiger partial charge in [-0.3, -0.25) is 24.0 Å². The number of hydrogen-bond donors (Lipinski definition) is 1. The Morgan fingerprint density at radius 1 is 1.00 bits per heavy atom. The Bertz CT molecular complexity index is 765. The number of carbonyl (C=O) groups excluding carboxylic acids is 5. The molecule has 1 fully saturated rings. The summed E-state index contributed by atoms with van der Waals surface area (Å²) in [6.07, 6.45) is -4.40. The van der Waals surface area contributed by atoms with Crippen LogP contribution in [0.3, 0.4) is 0 Å². The number of esters is 4. The van der Waals surface area contributed by atoms with Gasteiger partial charge in [0.2, 0.25) is 5.78 Å². The molecule has 1 unspecified atom stereocenters. The molecule has 0 amide bonds. The molecule has 0 saturated carbocycles. The van der Waals surface area contributed by atoms with Crippen LogP contribution >= 0.6 is 0 Å². The lowest BCUT2D eigenvalue weighted by Gasteiger charge is -2.48. The molecule has 1 aliphatic heterocycles. The maximum atomic E-state index is 12.8. The molecule has 1 aliphatic rings. The summed E-state index contributed by atoms with van der Waals surface area (Å²) in [5, 5.41) is 3.11. The molecule has 1 saturated heterocycles. The predicted molar refractivity (Wildman–Crippen MR) is 94.1 cm³/mol. The molecule has 0 aromatic carbocycles. The van der Waals surface area contributed by atoms with E-state index in [4.69, 9.17) is 34.9 Å². The molecule has 0 aromatic rings. The highest BCUT2D eigenvalue weighted by Gasteiger charge is 2.62. The van der Waals surface area contributed by atoms with Crippen LogP contribution < -0.4 is 5.73 Å². The number of Topliss-reactive ketones (excluding diaryl/α,β-unsaturated/α-hetero) is 1. The lowest BCUT2D eigenvalue weighted by atomic mass is 9.87. The Morgan fingerprint density at radius 2 is 1.57 bits per heavy atom. The van der Waals surface area contributed by atoms with E-state index in [-0.39, 0.29) is 0 Å². The normalized spacial score (nSPS) is 27.8. The Hall–Kier alpha value is -3.22. The first-order chi connectivity index (χ1) is 13.9. The molecule has 14 heteroatoms. The van der Waals surface area contributed by atoms with Crippen LogP contribution in [0.25, 0.3) is 10.4 Å². The second-order valence-electron chi connectivity index (χ2n) is 6.21. The van der Waals surface area contributed by atoms with E-state index in [0.29, 0.717) is 0 Å². The van der Waals surface area contributed by atoms with Crippen molar-refractivity contribution in [3.8, 4) is 0 Å². The van der Waals surface area contributed by atoms with Crippen LogP contribution in [0.2, 0.25) is 0 Å². The van der Waals surface area contributed by atoms with E-state index >= 15 is 0 Å². The predicted octanol–water partition coefficient (Wildman–Crippen LogP) is -0.722. The van der Waals surface area contributed by atoms with Gasteiger partial charge in [-0.05, 0) is 5.53 Å². The fourth-order valence-electron chi connectivity index (χ4n) is 2.82. The molecule has 0 radical (unpaired) electrons. The van der Waals surface area contributed by atoms with Gasteiger partial charge in [0.25, 0.3) is 5.79 Å². The summed E-state index contributed by atoms with van der Waals surface area (Å²) < 4.78 is 25.8. The Morgan fingerprint density at radius 3 is 2.03 bits per heavy atom.